The number of benzene rings is 3. The smallest absolute Gasteiger partial charge is 0.333 e. The van der Waals surface area contributed by atoms with Crippen molar-refractivity contribution < 1.29 is 23.8 Å². The lowest BCUT2D eigenvalue weighted by Gasteiger charge is -2.10. The average Bonchev–Trinajstić information content (AvgIpc) is 2.88. The summed E-state index contributed by atoms with van der Waals surface area (Å²) in [6.07, 6.45) is -0.0536. The van der Waals surface area contributed by atoms with Gasteiger partial charge in [-0.1, -0.05) is 54.3 Å². The van der Waals surface area contributed by atoms with Crippen molar-refractivity contribution in [3.8, 4) is 28.9 Å². The fraction of sp³-hybridized carbons (Fsp3) is 0.172. The fourth-order valence-corrected chi connectivity index (χ4v) is 3.56. The molecule has 0 unspecified atom stereocenters. The molecule has 1 aromatic heterocycles. The molecule has 1 heterocycles. The number of hydrogen-bond acceptors (Lipinski definition) is 5. The van der Waals surface area contributed by atoms with Crippen LogP contribution in [0.25, 0.3) is 22.3 Å². The van der Waals surface area contributed by atoms with Gasteiger partial charge in [-0.3, -0.25) is 4.79 Å². The Bertz CT molecular complexity index is 1430. The van der Waals surface area contributed by atoms with Crippen molar-refractivity contribution >= 4 is 16.9 Å². The van der Waals surface area contributed by atoms with Crippen LogP contribution >= 0.6 is 0 Å². The Hall–Kier alpha value is -4.34. The highest BCUT2D eigenvalue weighted by Crippen LogP contribution is 2.24. The second-order valence-electron chi connectivity index (χ2n) is 7.86. The van der Waals surface area contributed by atoms with E-state index in [1.54, 1.807) is 18.2 Å². The molecular weight excluding hydrogens is 444 g/mol. The minimum absolute atomic E-state index is 0.103. The van der Waals surface area contributed by atoms with Crippen molar-refractivity contribution in [3.63, 3.8) is 0 Å². The lowest BCUT2D eigenvalue weighted by molar-refractivity contribution is -0.148. The highest BCUT2D eigenvalue weighted by atomic mass is 16.5. The Morgan fingerprint density at radius 1 is 1.03 bits per heavy atom. The molecule has 0 aliphatic rings. The van der Waals surface area contributed by atoms with E-state index in [-0.39, 0.29) is 5.43 Å². The normalized spacial score (nSPS) is 11.5. The second-order valence-corrected chi connectivity index (χ2v) is 7.86. The van der Waals surface area contributed by atoms with Gasteiger partial charge in [0.2, 0.25) is 0 Å². The van der Waals surface area contributed by atoms with Crippen LogP contribution in [0.2, 0.25) is 0 Å². The molecule has 6 nitrogen and oxygen atoms in total. The van der Waals surface area contributed by atoms with Crippen LogP contribution in [0, 0.1) is 11.8 Å². The first-order chi connectivity index (χ1) is 17.0. The van der Waals surface area contributed by atoms with E-state index in [4.69, 9.17) is 19.0 Å². The molecule has 0 aliphatic heterocycles. The van der Waals surface area contributed by atoms with Crippen molar-refractivity contribution in [2.24, 2.45) is 0 Å². The molecule has 0 bridgehead atoms. The molecule has 0 amide bonds. The fourth-order valence-electron chi connectivity index (χ4n) is 3.56. The number of hydrogen-bond donors (Lipinski definition) is 1. The highest BCUT2D eigenvalue weighted by Gasteiger charge is 2.16. The first-order valence-corrected chi connectivity index (χ1v) is 11.1. The number of aliphatic carboxylic acids is 1. The van der Waals surface area contributed by atoms with Crippen LogP contribution in [-0.4, -0.2) is 30.9 Å². The monoisotopic (exact) mass is 468 g/mol. The summed E-state index contributed by atoms with van der Waals surface area (Å²) in [6, 6.07) is 23.6. The Kier molecular flexibility index (Phi) is 7.61. The number of methoxy groups -OCH3 is 1. The summed E-state index contributed by atoms with van der Waals surface area (Å²) >= 11 is 0. The van der Waals surface area contributed by atoms with Crippen LogP contribution in [0.1, 0.15) is 17.5 Å². The minimum atomic E-state index is -0.985. The van der Waals surface area contributed by atoms with E-state index in [2.05, 4.69) is 11.8 Å². The molecule has 6 heteroatoms. The van der Waals surface area contributed by atoms with Crippen LogP contribution in [-0.2, 0) is 16.0 Å². The van der Waals surface area contributed by atoms with Gasteiger partial charge in [0.1, 0.15) is 17.1 Å². The highest BCUT2D eigenvalue weighted by molar-refractivity contribution is 5.80. The maximum atomic E-state index is 12.5. The van der Waals surface area contributed by atoms with Gasteiger partial charge in [-0.2, -0.15) is 0 Å². The third-order valence-electron chi connectivity index (χ3n) is 5.42. The molecule has 4 aromatic rings. The topological polar surface area (TPSA) is 86.0 Å². The molecule has 4 rings (SSSR count). The molecule has 3 aromatic carbocycles. The summed E-state index contributed by atoms with van der Waals surface area (Å²) in [5.74, 6) is 6.27. The lowest BCUT2D eigenvalue weighted by atomic mass is 10.1. The van der Waals surface area contributed by atoms with Crippen molar-refractivity contribution in [3.05, 3.63) is 100 Å². The Balaban J connectivity index is 1.36. The molecule has 1 atom stereocenters. The van der Waals surface area contributed by atoms with Gasteiger partial charge in [-0.05, 0) is 29.8 Å². The number of ether oxygens (including phenoxy) is 2. The maximum Gasteiger partial charge on any atom is 0.333 e. The molecule has 0 fully saturated rings. The SMILES string of the molecule is CO[C@@H](Cc1ccc(C#CCCOc2ccc3c(=O)cc(-c4ccccc4)oc3c2)cc1)C(=O)O. The van der Waals surface area contributed by atoms with Crippen LogP contribution in [0.15, 0.2) is 88.1 Å². The second kappa shape index (κ2) is 11.2. The number of rotatable bonds is 8. The van der Waals surface area contributed by atoms with Crippen molar-refractivity contribution in [1.82, 2.24) is 0 Å². The molecule has 0 saturated heterocycles. The summed E-state index contributed by atoms with van der Waals surface area (Å²) in [5.41, 5.74) is 2.90. The first kappa shape index (κ1) is 23.8. The quantitative estimate of drug-likeness (QED) is 0.292. The van der Waals surface area contributed by atoms with E-state index < -0.39 is 12.1 Å². The van der Waals surface area contributed by atoms with Crippen LogP contribution in [0.4, 0.5) is 0 Å². The molecular formula is C29H24O6. The van der Waals surface area contributed by atoms with E-state index in [0.717, 1.165) is 16.7 Å². The third-order valence-corrected chi connectivity index (χ3v) is 5.42. The van der Waals surface area contributed by atoms with Gasteiger partial charge < -0.3 is 19.0 Å². The van der Waals surface area contributed by atoms with Gasteiger partial charge in [-0.25, -0.2) is 4.79 Å². The van der Waals surface area contributed by atoms with E-state index >= 15 is 0 Å². The van der Waals surface area contributed by atoms with Crippen molar-refractivity contribution in [2.75, 3.05) is 13.7 Å². The lowest BCUT2D eigenvalue weighted by Crippen LogP contribution is -2.24. The zero-order valence-electron chi connectivity index (χ0n) is 19.2. The van der Waals surface area contributed by atoms with Gasteiger partial charge in [0.05, 0.1) is 12.0 Å². The van der Waals surface area contributed by atoms with Gasteiger partial charge in [0.15, 0.2) is 11.5 Å². The molecule has 1 N–H and O–H groups in total. The van der Waals surface area contributed by atoms with Crippen LogP contribution in [0.5, 0.6) is 5.75 Å². The molecule has 0 saturated carbocycles. The maximum absolute atomic E-state index is 12.5. The summed E-state index contributed by atoms with van der Waals surface area (Å²) in [6.45, 7) is 0.382. The van der Waals surface area contributed by atoms with Crippen molar-refractivity contribution in [1.29, 1.82) is 0 Å². The third kappa shape index (κ3) is 6.17. The number of carboxylic acid groups (broad SMARTS) is 1. The number of carboxylic acids is 1. The summed E-state index contributed by atoms with van der Waals surface area (Å²) in [7, 11) is 1.39. The molecule has 0 radical (unpaired) electrons. The van der Waals surface area contributed by atoms with Gasteiger partial charge >= 0.3 is 5.97 Å². The Labute approximate surface area is 202 Å². The standard InChI is InChI=1S/C29H24O6/c1-33-28(29(31)32)17-21-12-10-20(11-13-21)7-5-6-16-34-23-14-15-24-25(30)19-26(35-27(24)18-23)22-8-3-2-4-9-22/h2-4,8-15,18-19,28H,6,16-17H2,1H3,(H,31,32)/t28-/m0/s1. The zero-order valence-corrected chi connectivity index (χ0v) is 19.2. The number of fused-ring (bicyclic) bond motifs is 1. The van der Waals surface area contributed by atoms with Gasteiger partial charge in [0.25, 0.3) is 0 Å². The molecule has 0 spiro atoms. The Morgan fingerprint density at radius 2 is 1.80 bits per heavy atom. The van der Waals surface area contributed by atoms with E-state index in [1.807, 2.05) is 54.6 Å². The summed E-state index contributed by atoms with van der Waals surface area (Å²) < 4.78 is 16.7. The first-order valence-electron chi connectivity index (χ1n) is 11.1. The van der Waals surface area contributed by atoms with Gasteiger partial charge in [-0.15, -0.1) is 0 Å². The molecule has 176 valence electrons. The summed E-state index contributed by atoms with van der Waals surface area (Å²) in [5, 5.41) is 9.58. The van der Waals surface area contributed by atoms with E-state index in [0.29, 0.717) is 41.9 Å². The average molecular weight is 469 g/mol. The Morgan fingerprint density at radius 3 is 2.51 bits per heavy atom. The summed E-state index contributed by atoms with van der Waals surface area (Å²) in [4.78, 5) is 23.6. The largest absolute Gasteiger partial charge is 0.492 e. The van der Waals surface area contributed by atoms with E-state index in [9.17, 15) is 9.59 Å². The van der Waals surface area contributed by atoms with E-state index in [1.165, 1.54) is 13.2 Å². The predicted octanol–water partition coefficient (Wildman–Crippen LogP) is 4.92. The van der Waals surface area contributed by atoms with Crippen LogP contribution in [0.3, 0.4) is 0 Å². The van der Waals surface area contributed by atoms with Gasteiger partial charge in [0, 0.05) is 43.2 Å². The van der Waals surface area contributed by atoms with Crippen molar-refractivity contribution in [2.45, 2.75) is 18.9 Å². The number of carbonyl (C=O) groups is 1. The predicted molar refractivity (Wildman–Crippen MR) is 133 cm³/mol. The minimum Gasteiger partial charge on any atom is -0.492 e. The van der Waals surface area contributed by atoms with Crippen LogP contribution < -0.4 is 10.2 Å². The molecule has 0 aliphatic carbocycles. The molecule has 35 heavy (non-hydrogen) atoms. The zero-order chi connectivity index (χ0) is 24.6.